The van der Waals surface area contributed by atoms with Gasteiger partial charge in [-0.15, -0.1) is 12.3 Å². The first-order chi connectivity index (χ1) is 6.52. The number of unbranched alkanes of at least 4 members (excludes halogenated alkanes) is 1. The fraction of sp³-hybridized carbons (Fsp3) is 0.667. The van der Waals surface area contributed by atoms with Crippen molar-refractivity contribution in [2.24, 2.45) is 5.92 Å². The number of nitrogens with one attached hydrogen (secondary N) is 1. The molecule has 0 aliphatic carbocycles. The van der Waals surface area contributed by atoms with E-state index in [0.29, 0.717) is 19.4 Å². The molecule has 0 aromatic rings. The van der Waals surface area contributed by atoms with Crippen molar-refractivity contribution in [3.05, 3.63) is 0 Å². The SMILES string of the molecule is C#CCCCNCC(C#N)C(F)(F)F. The number of nitrogens with zero attached hydrogens (tertiary/aromatic N) is 1. The molecule has 1 N–H and O–H groups in total. The van der Waals surface area contributed by atoms with Crippen molar-refractivity contribution < 1.29 is 13.2 Å². The molecule has 2 nitrogen and oxygen atoms in total. The molecule has 0 bridgehead atoms. The first kappa shape index (κ1) is 12.8. The summed E-state index contributed by atoms with van der Waals surface area (Å²) in [5.74, 6) is 0.436. The predicted octanol–water partition coefficient (Wildman–Crippen LogP) is 1.69. The molecule has 14 heavy (non-hydrogen) atoms. The second-order valence-electron chi connectivity index (χ2n) is 2.74. The summed E-state index contributed by atoms with van der Waals surface area (Å²) in [7, 11) is 0. The Labute approximate surface area is 81.1 Å². The van der Waals surface area contributed by atoms with Crippen molar-refractivity contribution in [1.29, 1.82) is 5.26 Å². The van der Waals surface area contributed by atoms with Crippen LogP contribution in [0.5, 0.6) is 0 Å². The topological polar surface area (TPSA) is 35.8 Å². The van der Waals surface area contributed by atoms with Gasteiger partial charge in [0, 0.05) is 13.0 Å². The first-order valence-corrected chi connectivity index (χ1v) is 4.13. The maximum Gasteiger partial charge on any atom is 0.405 e. The molecule has 5 heteroatoms. The Bertz CT molecular complexity index is 234. The van der Waals surface area contributed by atoms with E-state index in [0.717, 1.165) is 0 Å². The summed E-state index contributed by atoms with van der Waals surface area (Å²) in [4.78, 5) is 0. The van der Waals surface area contributed by atoms with Crippen molar-refractivity contribution in [2.45, 2.75) is 19.0 Å². The van der Waals surface area contributed by atoms with Crippen LogP contribution in [0, 0.1) is 29.6 Å². The van der Waals surface area contributed by atoms with Gasteiger partial charge in [-0.05, 0) is 13.0 Å². The van der Waals surface area contributed by atoms with Crippen LogP contribution < -0.4 is 5.32 Å². The molecule has 0 saturated heterocycles. The van der Waals surface area contributed by atoms with Gasteiger partial charge in [0.05, 0.1) is 6.07 Å². The highest BCUT2D eigenvalue weighted by Crippen LogP contribution is 2.24. The van der Waals surface area contributed by atoms with E-state index in [9.17, 15) is 13.2 Å². The highest BCUT2D eigenvalue weighted by Gasteiger charge is 2.39. The van der Waals surface area contributed by atoms with E-state index < -0.39 is 12.1 Å². The summed E-state index contributed by atoms with van der Waals surface area (Å²) in [6.07, 6.45) is 1.65. The lowest BCUT2D eigenvalue weighted by atomic mass is 10.1. The third-order valence-electron chi connectivity index (χ3n) is 1.57. The van der Waals surface area contributed by atoms with Crippen molar-refractivity contribution in [2.75, 3.05) is 13.1 Å². The summed E-state index contributed by atoms with van der Waals surface area (Å²) < 4.78 is 36.0. The number of nitriles is 1. The zero-order valence-corrected chi connectivity index (χ0v) is 7.56. The number of terminal acetylenes is 1. The van der Waals surface area contributed by atoms with Gasteiger partial charge in [-0.25, -0.2) is 0 Å². The monoisotopic (exact) mass is 204 g/mol. The van der Waals surface area contributed by atoms with E-state index in [1.165, 1.54) is 6.07 Å². The minimum absolute atomic E-state index is 0.370. The van der Waals surface area contributed by atoms with Gasteiger partial charge in [0.1, 0.15) is 0 Å². The molecule has 0 rings (SSSR count). The predicted molar refractivity (Wildman–Crippen MR) is 46.1 cm³/mol. The summed E-state index contributed by atoms with van der Waals surface area (Å²) in [6.45, 7) is 0.0308. The molecule has 0 aromatic heterocycles. The molecule has 0 aromatic carbocycles. The maximum absolute atomic E-state index is 12.0. The molecular weight excluding hydrogens is 193 g/mol. The zero-order chi connectivity index (χ0) is 11.0. The van der Waals surface area contributed by atoms with E-state index in [4.69, 9.17) is 11.7 Å². The van der Waals surface area contributed by atoms with Crippen molar-refractivity contribution in [1.82, 2.24) is 5.32 Å². The van der Waals surface area contributed by atoms with Crippen LogP contribution in [0.15, 0.2) is 0 Å². The molecule has 0 aliphatic heterocycles. The van der Waals surface area contributed by atoms with Crippen molar-refractivity contribution >= 4 is 0 Å². The summed E-state index contributed by atoms with van der Waals surface area (Å²) in [5, 5.41) is 10.8. The summed E-state index contributed by atoms with van der Waals surface area (Å²) in [5.41, 5.74) is 0. The number of alkyl halides is 3. The Morgan fingerprint density at radius 3 is 2.50 bits per heavy atom. The largest absolute Gasteiger partial charge is 0.405 e. The second-order valence-corrected chi connectivity index (χ2v) is 2.74. The van der Waals surface area contributed by atoms with Gasteiger partial charge in [-0.3, -0.25) is 0 Å². The molecule has 0 aliphatic rings. The van der Waals surface area contributed by atoms with Crippen LogP contribution in [0.3, 0.4) is 0 Å². The minimum atomic E-state index is -4.45. The van der Waals surface area contributed by atoms with E-state index in [2.05, 4.69) is 11.2 Å². The fourth-order valence-corrected chi connectivity index (χ4v) is 0.796. The van der Waals surface area contributed by atoms with Gasteiger partial charge in [-0.2, -0.15) is 18.4 Å². The van der Waals surface area contributed by atoms with Gasteiger partial charge >= 0.3 is 6.18 Å². The smallest absolute Gasteiger partial charge is 0.315 e. The van der Waals surface area contributed by atoms with E-state index in [1.807, 2.05) is 0 Å². The van der Waals surface area contributed by atoms with Crippen molar-refractivity contribution in [3.8, 4) is 18.4 Å². The third-order valence-corrected chi connectivity index (χ3v) is 1.57. The van der Waals surface area contributed by atoms with E-state index in [-0.39, 0.29) is 6.54 Å². The zero-order valence-electron chi connectivity index (χ0n) is 7.56. The number of rotatable bonds is 5. The molecule has 0 radical (unpaired) electrons. The van der Waals surface area contributed by atoms with Crippen LogP contribution in [0.4, 0.5) is 13.2 Å². The van der Waals surface area contributed by atoms with Crippen LogP contribution in [-0.4, -0.2) is 19.3 Å². The molecule has 78 valence electrons. The van der Waals surface area contributed by atoms with Crippen LogP contribution in [0.1, 0.15) is 12.8 Å². The summed E-state index contributed by atoms with van der Waals surface area (Å²) >= 11 is 0. The number of halogens is 3. The van der Waals surface area contributed by atoms with E-state index in [1.54, 1.807) is 0 Å². The third kappa shape index (κ3) is 5.45. The van der Waals surface area contributed by atoms with Gasteiger partial charge in [0.25, 0.3) is 0 Å². The normalized spacial score (nSPS) is 12.9. The van der Waals surface area contributed by atoms with Crippen LogP contribution in [0.25, 0.3) is 0 Å². The molecule has 1 unspecified atom stereocenters. The Hall–Kier alpha value is -1.20. The average molecular weight is 204 g/mol. The lowest BCUT2D eigenvalue weighted by Crippen LogP contribution is -2.32. The molecule has 0 amide bonds. The van der Waals surface area contributed by atoms with Crippen molar-refractivity contribution in [3.63, 3.8) is 0 Å². The molecule has 0 heterocycles. The number of hydrogen-bond donors (Lipinski definition) is 1. The average Bonchev–Trinajstić information content (AvgIpc) is 2.09. The Morgan fingerprint density at radius 2 is 2.07 bits per heavy atom. The Balaban J connectivity index is 3.67. The number of hydrogen-bond acceptors (Lipinski definition) is 2. The fourth-order valence-electron chi connectivity index (χ4n) is 0.796. The molecule has 0 spiro atoms. The first-order valence-electron chi connectivity index (χ1n) is 4.13. The molecular formula is C9H11F3N2. The standard InChI is InChI=1S/C9H11F3N2/c1-2-3-4-5-14-7-8(6-13)9(10,11)12/h1,8,14H,3-5,7H2. The van der Waals surface area contributed by atoms with Gasteiger partial charge in [0.2, 0.25) is 0 Å². The second kappa shape index (κ2) is 6.28. The molecule has 0 fully saturated rings. The van der Waals surface area contributed by atoms with E-state index >= 15 is 0 Å². The van der Waals surface area contributed by atoms with Crippen LogP contribution in [0.2, 0.25) is 0 Å². The molecule has 1 atom stereocenters. The quantitative estimate of drug-likeness (QED) is 0.546. The van der Waals surface area contributed by atoms with Gasteiger partial charge in [0.15, 0.2) is 5.92 Å². The highest BCUT2D eigenvalue weighted by atomic mass is 19.4. The van der Waals surface area contributed by atoms with Crippen LogP contribution >= 0.6 is 0 Å². The lowest BCUT2D eigenvalue weighted by Gasteiger charge is -2.13. The Kier molecular flexibility index (Phi) is 5.74. The maximum atomic E-state index is 12.0. The Morgan fingerprint density at radius 1 is 1.43 bits per heavy atom. The van der Waals surface area contributed by atoms with Crippen LogP contribution in [-0.2, 0) is 0 Å². The lowest BCUT2D eigenvalue weighted by molar-refractivity contribution is -0.157. The molecule has 0 saturated carbocycles. The van der Waals surface area contributed by atoms with Gasteiger partial charge < -0.3 is 5.32 Å². The highest BCUT2D eigenvalue weighted by molar-refractivity contribution is 4.90. The minimum Gasteiger partial charge on any atom is -0.315 e. The summed E-state index contributed by atoms with van der Waals surface area (Å²) in [6, 6.07) is 1.21. The van der Waals surface area contributed by atoms with Gasteiger partial charge in [-0.1, -0.05) is 0 Å².